The average Bonchev–Trinajstić information content (AvgIpc) is 0.990. The van der Waals surface area contributed by atoms with E-state index in [2.05, 4.69) is 154 Å². The Hall–Kier alpha value is -4.31. The normalized spacial score (nSPS) is 14.7. The van der Waals surface area contributed by atoms with E-state index in [-0.39, 0.29) is 19.3 Å². The number of hydrogen-bond acceptors (Lipinski definition) is 14. The maximum absolute atomic E-state index is 13.0. The van der Waals surface area contributed by atoms with E-state index in [4.69, 9.17) is 32.3 Å². The van der Waals surface area contributed by atoms with Crippen molar-refractivity contribution in [1.82, 2.24) is 0 Å². The number of phosphoric ester groups is 2. The van der Waals surface area contributed by atoms with Crippen molar-refractivity contribution in [1.29, 1.82) is 0 Å². The third kappa shape index (κ3) is 76.6. The molecule has 18 heteroatoms. The second-order valence-electron chi connectivity index (χ2n) is 26.2. The fourth-order valence-corrected chi connectivity index (χ4v) is 11.8. The molecular formula is C83H142O16P2. The number of phosphoric acid groups is 2. The van der Waals surface area contributed by atoms with Crippen LogP contribution in [0.1, 0.15) is 316 Å². The van der Waals surface area contributed by atoms with Gasteiger partial charge < -0.3 is 34.2 Å². The van der Waals surface area contributed by atoms with Crippen molar-refractivity contribution in [3.05, 3.63) is 134 Å². The van der Waals surface area contributed by atoms with Crippen molar-refractivity contribution in [2.24, 2.45) is 0 Å². The van der Waals surface area contributed by atoms with Crippen molar-refractivity contribution in [2.45, 2.75) is 334 Å². The molecule has 0 spiro atoms. The van der Waals surface area contributed by atoms with Gasteiger partial charge in [-0.25, -0.2) is 9.13 Å². The molecule has 0 aliphatic rings. The number of allylic oxidation sites excluding steroid dienone is 22. The quantitative estimate of drug-likeness (QED) is 0.0146. The Morgan fingerprint density at radius 2 is 0.495 bits per heavy atom. The summed E-state index contributed by atoms with van der Waals surface area (Å²) in [6, 6.07) is 0. The first-order valence-electron chi connectivity index (χ1n) is 39.5. The largest absolute Gasteiger partial charge is 0.472 e. The zero-order valence-electron chi connectivity index (χ0n) is 63.3. The van der Waals surface area contributed by atoms with Crippen LogP contribution >= 0.6 is 15.6 Å². The van der Waals surface area contributed by atoms with E-state index in [1.807, 2.05) is 0 Å². The molecule has 0 heterocycles. The number of aliphatic hydroxyl groups excluding tert-OH is 2. The van der Waals surface area contributed by atoms with E-state index < -0.39 is 91.5 Å². The number of ether oxygens (including phenoxy) is 3. The molecule has 0 bridgehead atoms. The number of rotatable bonds is 74. The molecule has 0 radical (unpaired) electrons. The van der Waals surface area contributed by atoms with E-state index in [1.54, 1.807) is 0 Å². The lowest BCUT2D eigenvalue weighted by molar-refractivity contribution is -0.161. The average molecular weight is 1460 g/mol. The molecule has 5 unspecified atom stereocenters. The summed E-state index contributed by atoms with van der Waals surface area (Å²) in [7, 11) is -9.81. The molecule has 0 rings (SSSR count). The summed E-state index contributed by atoms with van der Waals surface area (Å²) < 4.78 is 61.2. The molecule has 0 aromatic rings. The van der Waals surface area contributed by atoms with Crippen LogP contribution in [0.5, 0.6) is 0 Å². The van der Waals surface area contributed by atoms with Crippen LogP contribution in [0.4, 0.5) is 0 Å². The summed E-state index contributed by atoms with van der Waals surface area (Å²) in [6.07, 6.45) is 90.5. The minimum Gasteiger partial charge on any atom is -0.463 e. The zero-order chi connectivity index (χ0) is 73.7. The van der Waals surface area contributed by atoms with Crippen LogP contribution < -0.4 is 0 Å². The molecule has 0 saturated heterocycles. The smallest absolute Gasteiger partial charge is 0.463 e. The molecule has 16 nitrogen and oxygen atoms in total. The Balaban J connectivity index is 4.69. The van der Waals surface area contributed by atoms with Gasteiger partial charge in [-0.2, -0.15) is 0 Å². The van der Waals surface area contributed by atoms with Crippen LogP contribution in [-0.4, -0.2) is 95.9 Å². The van der Waals surface area contributed by atoms with E-state index in [0.29, 0.717) is 19.3 Å². The molecule has 0 aromatic heterocycles. The highest BCUT2D eigenvalue weighted by atomic mass is 31.2. The summed E-state index contributed by atoms with van der Waals surface area (Å²) in [4.78, 5) is 58.7. The summed E-state index contributed by atoms with van der Waals surface area (Å²) in [5.41, 5.74) is 0. The molecule has 0 fully saturated rings. The molecule has 0 aliphatic heterocycles. The minimum atomic E-state index is -4.94. The van der Waals surface area contributed by atoms with Gasteiger partial charge in [0.1, 0.15) is 25.4 Å². The first-order chi connectivity index (χ1) is 49.2. The molecule has 580 valence electrons. The van der Waals surface area contributed by atoms with Gasteiger partial charge in [-0.15, -0.1) is 0 Å². The van der Waals surface area contributed by atoms with E-state index in [1.165, 1.54) is 96.3 Å². The number of aliphatic hydroxyl groups is 2. The monoisotopic (exact) mass is 1460 g/mol. The SMILES string of the molecule is CCCCC/C=C\C/C=C\C/C=C\C/C=C\CCCCCCCCCCCC(=O)OCC(O)COP(=O)(O)OCC(O)COP(=O)(O)OCC(COC(=O)CCCCCCC/C=C\C/C=C\C/C=C\C/C=C\CCCCC)OC(=O)CCCCCCCC/C=C\C/C=C\C/C=C\CCCCC. The summed E-state index contributed by atoms with van der Waals surface area (Å²) in [5, 5.41) is 20.6. The fraction of sp³-hybridized carbons (Fsp3) is 0.699. The predicted octanol–water partition coefficient (Wildman–Crippen LogP) is 23.1. The summed E-state index contributed by atoms with van der Waals surface area (Å²) in [6.45, 7) is 2.56. The highest BCUT2D eigenvalue weighted by molar-refractivity contribution is 7.47. The van der Waals surface area contributed by atoms with Crippen LogP contribution in [0.15, 0.2) is 134 Å². The molecule has 0 saturated carbocycles. The number of carbonyl (C=O) groups is 3. The Morgan fingerprint density at radius 1 is 0.277 bits per heavy atom. The van der Waals surface area contributed by atoms with Gasteiger partial charge in [0, 0.05) is 19.3 Å². The second kappa shape index (κ2) is 75.4. The fourth-order valence-electron chi connectivity index (χ4n) is 10.3. The summed E-state index contributed by atoms with van der Waals surface area (Å²) >= 11 is 0. The maximum Gasteiger partial charge on any atom is 0.472 e. The lowest BCUT2D eigenvalue weighted by Gasteiger charge is -2.21. The van der Waals surface area contributed by atoms with Gasteiger partial charge in [-0.05, 0) is 148 Å². The van der Waals surface area contributed by atoms with Crippen LogP contribution in [-0.2, 0) is 55.8 Å². The molecular weight excluding hydrogens is 1310 g/mol. The van der Waals surface area contributed by atoms with Crippen LogP contribution in [0.3, 0.4) is 0 Å². The predicted molar refractivity (Wildman–Crippen MR) is 417 cm³/mol. The second-order valence-corrected chi connectivity index (χ2v) is 29.1. The highest BCUT2D eigenvalue weighted by Gasteiger charge is 2.29. The van der Waals surface area contributed by atoms with Gasteiger partial charge >= 0.3 is 33.6 Å². The van der Waals surface area contributed by atoms with Gasteiger partial charge in [-0.1, -0.05) is 283 Å². The van der Waals surface area contributed by atoms with Crippen molar-refractivity contribution in [2.75, 3.05) is 39.6 Å². The number of hydrogen-bond donors (Lipinski definition) is 4. The maximum atomic E-state index is 13.0. The summed E-state index contributed by atoms with van der Waals surface area (Å²) in [5.74, 6) is -1.62. The van der Waals surface area contributed by atoms with Gasteiger partial charge in [0.15, 0.2) is 6.10 Å². The first-order valence-corrected chi connectivity index (χ1v) is 42.5. The molecule has 101 heavy (non-hydrogen) atoms. The number of carbonyl (C=O) groups excluding carboxylic acids is 3. The van der Waals surface area contributed by atoms with Gasteiger partial charge in [-0.3, -0.25) is 32.5 Å². The highest BCUT2D eigenvalue weighted by Crippen LogP contribution is 2.45. The Morgan fingerprint density at radius 3 is 0.782 bits per heavy atom. The third-order valence-corrected chi connectivity index (χ3v) is 18.2. The lowest BCUT2D eigenvalue weighted by atomic mass is 10.1. The van der Waals surface area contributed by atoms with E-state index in [0.717, 1.165) is 161 Å². The third-order valence-electron chi connectivity index (χ3n) is 16.3. The Labute approximate surface area is 614 Å². The van der Waals surface area contributed by atoms with Gasteiger partial charge in [0.25, 0.3) is 0 Å². The number of esters is 3. The van der Waals surface area contributed by atoms with Crippen molar-refractivity contribution in [3.63, 3.8) is 0 Å². The Bertz CT molecular complexity index is 2370. The standard InChI is InChI=1S/C83H142O16P2/c1-4-7-10-13-16-19-22-25-28-31-34-36-37-38-39-41-44-45-48-51-54-57-60-63-66-69-81(86)93-72-78(84)73-95-100(89,90)96-74-79(85)75-97-101(91,92)98-77-80(99-83(88)71-68-65-62-59-56-53-50-47-42-33-30-27-24-21-18-15-12-9-6-3)76-94-82(87)70-67-64-61-58-55-52-49-46-43-40-35-32-29-26-23-20-17-14-11-8-5-2/h16-21,25-30,34-36,38-40,42,46-47,49,78-80,84-85H,4-15,22-24,31-33,37,41,43-45,48,50-77H2,1-3H3,(H,89,90)(H,91,92)/b19-16-,20-17-,21-18-,28-25-,29-26-,30-27-,36-34-,39-38-,40-35-,47-42-,49-46-. The van der Waals surface area contributed by atoms with Gasteiger partial charge in [0.2, 0.25) is 0 Å². The first kappa shape index (κ1) is 96.7. The van der Waals surface area contributed by atoms with Crippen LogP contribution in [0, 0.1) is 0 Å². The molecule has 0 amide bonds. The number of unbranched alkanes of at least 4 members (excludes halogenated alkanes) is 29. The molecule has 0 aliphatic carbocycles. The van der Waals surface area contributed by atoms with Crippen molar-refractivity contribution >= 4 is 33.6 Å². The minimum absolute atomic E-state index is 0.0820. The Kier molecular flexibility index (Phi) is 72.2. The van der Waals surface area contributed by atoms with Crippen LogP contribution in [0.25, 0.3) is 0 Å². The van der Waals surface area contributed by atoms with Crippen LogP contribution in [0.2, 0.25) is 0 Å². The van der Waals surface area contributed by atoms with Crippen molar-refractivity contribution in [3.8, 4) is 0 Å². The zero-order valence-corrected chi connectivity index (χ0v) is 65.1. The van der Waals surface area contributed by atoms with E-state index >= 15 is 0 Å². The molecule has 5 atom stereocenters. The lowest BCUT2D eigenvalue weighted by Crippen LogP contribution is -2.30. The topological polar surface area (TPSA) is 231 Å². The van der Waals surface area contributed by atoms with Crippen molar-refractivity contribution < 1.29 is 75.8 Å². The van der Waals surface area contributed by atoms with Gasteiger partial charge in [0.05, 0.1) is 26.4 Å². The molecule has 0 aromatic carbocycles. The van der Waals surface area contributed by atoms with E-state index in [9.17, 15) is 43.5 Å². The molecule has 4 N–H and O–H groups in total.